The number of rotatable bonds is 3. The predicted molar refractivity (Wildman–Crippen MR) is 63.2 cm³/mol. The SMILES string of the molecule is CCOC1=CC(=O)[C@]12O[C@@H](OC)C1OC(C)(C)O[C@H]12. The van der Waals surface area contributed by atoms with Crippen molar-refractivity contribution in [2.24, 2.45) is 0 Å². The lowest BCUT2D eigenvalue weighted by Gasteiger charge is -2.38. The maximum absolute atomic E-state index is 12.1. The summed E-state index contributed by atoms with van der Waals surface area (Å²) in [6.07, 6.45) is -0.174. The second-order valence-electron chi connectivity index (χ2n) is 5.28. The number of methoxy groups -OCH3 is 1. The largest absolute Gasteiger partial charge is 0.494 e. The lowest BCUT2D eigenvalue weighted by molar-refractivity contribution is -0.246. The third-order valence-corrected chi connectivity index (χ3v) is 3.63. The van der Waals surface area contributed by atoms with Crippen molar-refractivity contribution in [3.8, 4) is 0 Å². The van der Waals surface area contributed by atoms with Gasteiger partial charge in [0.15, 0.2) is 12.1 Å². The quantitative estimate of drug-likeness (QED) is 0.754. The zero-order chi connectivity index (χ0) is 13.8. The number of hydrogen-bond acceptors (Lipinski definition) is 6. The van der Waals surface area contributed by atoms with Gasteiger partial charge in [-0.05, 0) is 20.8 Å². The van der Waals surface area contributed by atoms with Crippen LogP contribution < -0.4 is 0 Å². The highest BCUT2D eigenvalue weighted by Gasteiger charge is 2.71. The minimum atomic E-state index is -1.20. The highest BCUT2D eigenvalue weighted by molar-refractivity contribution is 6.08. The van der Waals surface area contributed by atoms with Crippen LogP contribution >= 0.6 is 0 Å². The minimum Gasteiger partial charge on any atom is -0.494 e. The van der Waals surface area contributed by atoms with Crippen LogP contribution in [0.25, 0.3) is 0 Å². The molecular formula is C13H18O6. The molecule has 2 aliphatic heterocycles. The number of fused-ring (bicyclic) bond motifs is 2. The summed E-state index contributed by atoms with van der Waals surface area (Å²) in [4.78, 5) is 12.1. The normalized spacial score (nSPS) is 43.1. The van der Waals surface area contributed by atoms with Crippen LogP contribution in [0.15, 0.2) is 11.8 Å². The average Bonchev–Trinajstić information content (AvgIpc) is 2.81. The van der Waals surface area contributed by atoms with Crippen molar-refractivity contribution in [2.75, 3.05) is 13.7 Å². The van der Waals surface area contributed by atoms with Gasteiger partial charge in [0.05, 0.1) is 6.61 Å². The number of carbonyl (C=O) groups is 1. The Morgan fingerprint density at radius 3 is 2.63 bits per heavy atom. The Kier molecular flexibility index (Phi) is 2.76. The highest BCUT2D eigenvalue weighted by Crippen LogP contribution is 2.51. The Morgan fingerprint density at radius 1 is 1.32 bits per heavy atom. The van der Waals surface area contributed by atoms with E-state index in [0.29, 0.717) is 12.4 Å². The van der Waals surface area contributed by atoms with Crippen LogP contribution in [0.4, 0.5) is 0 Å². The summed E-state index contributed by atoms with van der Waals surface area (Å²) >= 11 is 0. The van der Waals surface area contributed by atoms with Crippen LogP contribution in [0.1, 0.15) is 20.8 Å². The second-order valence-corrected chi connectivity index (χ2v) is 5.28. The van der Waals surface area contributed by atoms with E-state index in [1.807, 2.05) is 6.92 Å². The van der Waals surface area contributed by atoms with Crippen molar-refractivity contribution in [3.63, 3.8) is 0 Å². The van der Waals surface area contributed by atoms with Gasteiger partial charge in [-0.2, -0.15) is 0 Å². The first-order valence-corrected chi connectivity index (χ1v) is 6.40. The van der Waals surface area contributed by atoms with Crippen molar-refractivity contribution in [1.29, 1.82) is 0 Å². The molecule has 0 amide bonds. The van der Waals surface area contributed by atoms with Gasteiger partial charge in [0.25, 0.3) is 0 Å². The Morgan fingerprint density at radius 2 is 2.05 bits per heavy atom. The van der Waals surface area contributed by atoms with Crippen molar-refractivity contribution in [1.82, 2.24) is 0 Å². The summed E-state index contributed by atoms with van der Waals surface area (Å²) in [5.74, 6) is -0.432. The summed E-state index contributed by atoms with van der Waals surface area (Å²) < 4.78 is 28.1. The molecule has 3 rings (SSSR count). The minimum absolute atomic E-state index is 0.160. The summed E-state index contributed by atoms with van der Waals surface area (Å²) in [5, 5.41) is 0. The Bertz CT molecular complexity index is 442. The van der Waals surface area contributed by atoms with Gasteiger partial charge in [-0.3, -0.25) is 4.79 Å². The van der Waals surface area contributed by atoms with E-state index >= 15 is 0 Å². The van der Waals surface area contributed by atoms with Crippen LogP contribution in [0.3, 0.4) is 0 Å². The van der Waals surface area contributed by atoms with E-state index in [-0.39, 0.29) is 5.78 Å². The van der Waals surface area contributed by atoms with Gasteiger partial charge in [0.1, 0.15) is 18.0 Å². The molecule has 1 unspecified atom stereocenters. The van der Waals surface area contributed by atoms with Crippen LogP contribution in [-0.4, -0.2) is 49.4 Å². The van der Waals surface area contributed by atoms with E-state index in [9.17, 15) is 4.79 Å². The Labute approximate surface area is 111 Å². The summed E-state index contributed by atoms with van der Waals surface area (Å²) in [6.45, 7) is 5.93. The van der Waals surface area contributed by atoms with Gasteiger partial charge in [-0.1, -0.05) is 0 Å². The number of hydrogen-bond donors (Lipinski definition) is 0. The Hall–Kier alpha value is -0.950. The third kappa shape index (κ3) is 1.61. The zero-order valence-electron chi connectivity index (χ0n) is 11.5. The van der Waals surface area contributed by atoms with Gasteiger partial charge >= 0.3 is 0 Å². The van der Waals surface area contributed by atoms with E-state index < -0.39 is 29.9 Å². The van der Waals surface area contributed by atoms with Crippen molar-refractivity contribution in [3.05, 3.63) is 11.8 Å². The van der Waals surface area contributed by atoms with E-state index in [4.69, 9.17) is 23.7 Å². The summed E-state index contributed by atoms with van der Waals surface area (Å²) in [5.41, 5.74) is -1.20. The van der Waals surface area contributed by atoms with Crippen molar-refractivity contribution in [2.45, 2.75) is 50.7 Å². The van der Waals surface area contributed by atoms with Gasteiger partial charge in [-0.15, -0.1) is 0 Å². The van der Waals surface area contributed by atoms with Gasteiger partial charge in [0.2, 0.25) is 11.4 Å². The van der Waals surface area contributed by atoms with E-state index in [1.165, 1.54) is 13.2 Å². The molecule has 6 heteroatoms. The predicted octanol–water partition coefficient (Wildman–Crippen LogP) is 0.751. The van der Waals surface area contributed by atoms with E-state index in [2.05, 4.69) is 0 Å². The number of ether oxygens (including phenoxy) is 5. The van der Waals surface area contributed by atoms with Gasteiger partial charge in [-0.25, -0.2) is 0 Å². The fraction of sp³-hybridized carbons (Fsp3) is 0.769. The fourth-order valence-corrected chi connectivity index (χ4v) is 2.88. The molecule has 2 fully saturated rings. The summed E-state index contributed by atoms with van der Waals surface area (Å²) in [7, 11) is 1.52. The van der Waals surface area contributed by atoms with Crippen LogP contribution in [0.5, 0.6) is 0 Å². The lowest BCUT2D eigenvalue weighted by atomic mass is 9.80. The topological polar surface area (TPSA) is 63.2 Å². The smallest absolute Gasteiger partial charge is 0.219 e. The molecule has 0 aromatic rings. The van der Waals surface area contributed by atoms with Crippen molar-refractivity contribution < 1.29 is 28.5 Å². The molecule has 0 saturated carbocycles. The molecular weight excluding hydrogens is 252 g/mol. The lowest BCUT2D eigenvalue weighted by Crippen LogP contribution is -2.57. The maximum Gasteiger partial charge on any atom is 0.219 e. The van der Waals surface area contributed by atoms with Crippen molar-refractivity contribution >= 4 is 5.78 Å². The molecule has 106 valence electrons. The molecule has 0 aromatic heterocycles. The average molecular weight is 270 g/mol. The van der Waals surface area contributed by atoms with E-state index in [1.54, 1.807) is 13.8 Å². The maximum atomic E-state index is 12.1. The van der Waals surface area contributed by atoms with Gasteiger partial charge in [0, 0.05) is 13.2 Å². The fourth-order valence-electron chi connectivity index (χ4n) is 2.88. The molecule has 4 atom stereocenters. The third-order valence-electron chi connectivity index (χ3n) is 3.63. The molecule has 1 spiro atoms. The van der Waals surface area contributed by atoms with E-state index in [0.717, 1.165) is 0 Å². The first-order valence-electron chi connectivity index (χ1n) is 6.40. The monoisotopic (exact) mass is 270 g/mol. The number of ketones is 1. The van der Waals surface area contributed by atoms with Crippen LogP contribution in [0.2, 0.25) is 0 Å². The molecule has 0 radical (unpaired) electrons. The van der Waals surface area contributed by atoms with Crippen LogP contribution in [-0.2, 0) is 28.5 Å². The molecule has 6 nitrogen and oxygen atoms in total. The molecule has 1 aliphatic carbocycles. The standard InChI is InChI=1S/C13H18O6/c1-5-16-8-6-7(14)13(8)10-9(11(15-4)19-13)17-12(2,3)18-10/h6,9-11H,5H2,1-4H3/t9?,10-,11-,13+/m1/s1. The summed E-state index contributed by atoms with van der Waals surface area (Å²) in [6, 6.07) is 0. The molecule has 2 saturated heterocycles. The molecule has 19 heavy (non-hydrogen) atoms. The molecule has 3 aliphatic rings. The molecule has 2 heterocycles. The van der Waals surface area contributed by atoms with Crippen LogP contribution in [0, 0.1) is 0 Å². The number of carbonyl (C=O) groups excluding carboxylic acids is 1. The Balaban J connectivity index is 1.95. The molecule has 0 bridgehead atoms. The zero-order valence-corrected chi connectivity index (χ0v) is 11.5. The first-order chi connectivity index (χ1) is 8.94. The second kappa shape index (κ2) is 4.02. The highest BCUT2D eigenvalue weighted by atomic mass is 16.8. The molecule has 0 N–H and O–H groups in total. The molecule has 0 aromatic carbocycles. The first kappa shape index (κ1) is 13.1. The van der Waals surface area contributed by atoms with Gasteiger partial charge < -0.3 is 23.7 Å².